The largest absolute Gasteiger partial charge is 0.418 e. The van der Waals surface area contributed by atoms with Gasteiger partial charge in [0.05, 0.1) is 5.56 Å². The Hall–Kier alpha value is -2.00. The van der Waals surface area contributed by atoms with Crippen LogP contribution in [0.25, 0.3) is 0 Å². The molecule has 0 saturated carbocycles. The number of pyridine rings is 2. The number of aryl methyl sites for hydroxylation is 1. The van der Waals surface area contributed by atoms with Crippen molar-refractivity contribution < 1.29 is 20.8 Å². The van der Waals surface area contributed by atoms with E-state index in [1.165, 1.54) is 18.3 Å². The minimum atomic E-state index is -4.69. The molecule has 2 aromatic heterocycles. The van der Waals surface area contributed by atoms with Crippen molar-refractivity contribution in [1.29, 1.82) is 0 Å². The Balaban J connectivity index is 0.00000256. The number of anilines is 1. The van der Waals surface area contributed by atoms with Crippen LogP contribution in [0.2, 0.25) is 0 Å². The van der Waals surface area contributed by atoms with Crippen molar-refractivity contribution in [1.82, 2.24) is 15.3 Å². The Labute approximate surface area is 185 Å². The van der Waals surface area contributed by atoms with Gasteiger partial charge in [0.1, 0.15) is 11.5 Å². The summed E-state index contributed by atoms with van der Waals surface area (Å²) in [5.74, 6) is 0.0821. The molecule has 9 heteroatoms. The van der Waals surface area contributed by atoms with E-state index in [0.717, 1.165) is 12.5 Å². The second-order valence-corrected chi connectivity index (χ2v) is 8.82. The molecule has 30 heavy (non-hydrogen) atoms. The molecule has 3 heterocycles. The van der Waals surface area contributed by atoms with Gasteiger partial charge in [0, 0.05) is 50.5 Å². The molecule has 0 aromatic carbocycles. The molecule has 1 atom stereocenters. The maximum atomic E-state index is 13.6. The number of hydrogen-bond acceptors (Lipinski definition) is 5. The lowest BCUT2D eigenvalue weighted by Gasteiger charge is -2.35. The summed E-state index contributed by atoms with van der Waals surface area (Å²) in [5.41, 5.74) is -1.19. The highest BCUT2D eigenvalue weighted by atomic mass is 79.9. The fourth-order valence-electron chi connectivity index (χ4n) is 3.65. The van der Waals surface area contributed by atoms with E-state index in [2.05, 4.69) is 45.1 Å². The molecule has 1 aliphatic rings. The maximum Gasteiger partial charge on any atom is 0.418 e. The van der Waals surface area contributed by atoms with Crippen LogP contribution in [0, 0.1) is 12.8 Å². The van der Waals surface area contributed by atoms with E-state index < -0.39 is 23.2 Å². The van der Waals surface area contributed by atoms with Crippen molar-refractivity contribution in [3.8, 4) is 0 Å². The standard InChI is InChI=1S/C21H24BrF3N4O.2H2/c1-12(2)8-15-11-29(7-6-26-15)18-5-4-17(21(23,24)25)19(28-18)20(30)16-9-14(22)10-27-13(16)3;;/h4-5,9-10,12,15,26H,6-8,11H2,1-3H3;2*1H/t15-;;/m0../s1. The Bertz CT molecular complexity index is 944. The summed E-state index contributed by atoms with van der Waals surface area (Å²) in [4.78, 5) is 23.3. The van der Waals surface area contributed by atoms with Gasteiger partial charge in [-0.15, -0.1) is 0 Å². The lowest BCUT2D eigenvalue weighted by atomic mass is 10.0. The number of carbonyl (C=O) groups excluding carboxylic acids is 1. The van der Waals surface area contributed by atoms with Crippen LogP contribution in [0.3, 0.4) is 0 Å². The van der Waals surface area contributed by atoms with Gasteiger partial charge in [0.2, 0.25) is 5.78 Å². The van der Waals surface area contributed by atoms with E-state index in [4.69, 9.17) is 0 Å². The lowest BCUT2D eigenvalue weighted by Crippen LogP contribution is -2.51. The predicted molar refractivity (Wildman–Crippen MR) is 117 cm³/mol. The summed E-state index contributed by atoms with van der Waals surface area (Å²) < 4.78 is 41.4. The Morgan fingerprint density at radius 3 is 2.80 bits per heavy atom. The topological polar surface area (TPSA) is 58.1 Å². The van der Waals surface area contributed by atoms with Gasteiger partial charge in [0.15, 0.2) is 0 Å². The first-order valence-electron chi connectivity index (χ1n) is 9.79. The molecule has 0 spiro atoms. The third kappa shape index (κ3) is 5.18. The van der Waals surface area contributed by atoms with Crippen molar-refractivity contribution in [3.05, 3.63) is 51.4 Å². The monoisotopic (exact) mass is 488 g/mol. The van der Waals surface area contributed by atoms with Crippen molar-refractivity contribution >= 4 is 27.5 Å². The Morgan fingerprint density at radius 2 is 2.13 bits per heavy atom. The number of carbonyl (C=O) groups is 1. The van der Waals surface area contributed by atoms with Crippen LogP contribution < -0.4 is 10.2 Å². The third-order valence-corrected chi connectivity index (χ3v) is 5.47. The molecule has 1 N–H and O–H groups in total. The molecule has 0 radical (unpaired) electrons. The first kappa shape index (κ1) is 22.7. The Morgan fingerprint density at radius 1 is 1.40 bits per heavy atom. The molecule has 0 amide bonds. The van der Waals surface area contributed by atoms with Crippen molar-refractivity contribution in [2.45, 2.75) is 39.4 Å². The molecule has 0 aliphatic carbocycles. The number of ketones is 1. The predicted octanol–water partition coefficient (Wildman–Crippen LogP) is 5.11. The van der Waals surface area contributed by atoms with E-state index in [1.807, 2.05) is 4.90 Å². The van der Waals surface area contributed by atoms with Crippen LogP contribution in [0.1, 0.15) is 50.4 Å². The van der Waals surface area contributed by atoms with Crippen LogP contribution in [0.4, 0.5) is 19.0 Å². The molecule has 1 saturated heterocycles. The number of aromatic nitrogens is 2. The zero-order chi connectivity index (χ0) is 22.1. The molecule has 2 aromatic rings. The molecular formula is C21H28BrF3N4O. The molecule has 166 valence electrons. The van der Waals surface area contributed by atoms with Gasteiger partial charge < -0.3 is 10.2 Å². The Kier molecular flexibility index (Phi) is 6.81. The average molecular weight is 489 g/mol. The number of piperazine rings is 1. The van der Waals surface area contributed by atoms with E-state index in [-0.39, 0.29) is 14.5 Å². The number of rotatable bonds is 5. The van der Waals surface area contributed by atoms with Crippen LogP contribution in [-0.4, -0.2) is 41.4 Å². The minimum absolute atomic E-state index is 0. The summed E-state index contributed by atoms with van der Waals surface area (Å²) in [6, 6.07) is 4.00. The van der Waals surface area contributed by atoms with E-state index >= 15 is 0 Å². The molecule has 0 bridgehead atoms. The van der Waals surface area contributed by atoms with Gasteiger partial charge in [-0.25, -0.2) is 4.98 Å². The lowest BCUT2D eigenvalue weighted by molar-refractivity contribution is -0.138. The number of hydrogen-bond donors (Lipinski definition) is 1. The van der Waals surface area contributed by atoms with Crippen molar-refractivity contribution in [2.24, 2.45) is 5.92 Å². The number of halogens is 4. The summed E-state index contributed by atoms with van der Waals surface area (Å²) in [6.07, 6.45) is -2.24. The maximum absolute atomic E-state index is 13.6. The zero-order valence-corrected chi connectivity index (χ0v) is 18.6. The number of nitrogens with zero attached hydrogens (tertiary/aromatic N) is 3. The second-order valence-electron chi connectivity index (χ2n) is 7.91. The summed E-state index contributed by atoms with van der Waals surface area (Å²) >= 11 is 3.23. The molecule has 1 aliphatic heterocycles. The summed E-state index contributed by atoms with van der Waals surface area (Å²) in [5, 5.41) is 3.43. The van der Waals surface area contributed by atoms with E-state index in [0.29, 0.717) is 41.5 Å². The first-order valence-corrected chi connectivity index (χ1v) is 10.6. The summed E-state index contributed by atoms with van der Waals surface area (Å²) in [7, 11) is 0. The highest BCUT2D eigenvalue weighted by Crippen LogP contribution is 2.34. The highest BCUT2D eigenvalue weighted by Gasteiger charge is 2.37. The number of alkyl halides is 3. The molecule has 3 rings (SSSR count). The quantitative estimate of drug-likeness (QED) is 0.592. The van der Waals surface area contributed by atoms with Crippen LogP contribution in [0.15, 0.2) is 28.9 Å². The first-order chi connectivity index (χ1) is 14.1. The summed E-state index contributed by atoms with van der Waals surface area (Å²) in [6.45, 7) is 7.78. The van der Waals surface area contributed by atoms with Gasteiger partial charge >= 0.3 is 6.18 Å². The van der Waals surface area contributed by atoms with Crippen LogP contribution in [0.5, 0.6) is 0 Å². The van der Waals surface area contributed by atoms with Crippen LogP contribution >= 0.6 is 15.9 Å². The molecule has 5 nitrogen and oxygen atoms in total. The zero-order valence-electron chi connectivity index (χ0n) is 17.1. The SMILES string of the molecule is Cc1ncc(Br)cc1C(=O)c1nc(N2CCN[C@@H](CC(C)C)C2)ccc1C(F)(F)F.[HH].[HH]. The van der Waals surface area contributed by atoms with Gasteiger partial charge in [0.25, 0.3) is 0 Å². The normalized spacial score (nSPS) is 17.5. The molecular weight excluding hydrogens is 461 g/mol. The van der Waals surface area contributed by atoms with Gasteiger partial charge in [-0.3, -0.25) is 9.78 Å². The van der Waals surface area contributed by atoms with Crippen LogP contribution in [-0.2, 0) is 6.18 Å². The minimum Gasteiger partial charge on any atom is -0.354 e. The third-order valence-electron chi connectivity index (χ3n) is 5.03. The number of nitrogens with one attached hydrogen (secondary N) is 1. The van der Waals surface area contributed by atoms with Gasteiger partial charge in [-0.2, -0.15) is 13.2 Å². The highest BCUT2D eigenvalue weighted by molar-refractivity contribution is 9.10. The molecule has 1 fully saturated rings. The van der Waals surface area contributed by atoms with Gasteiger partial charge in [-0.1, -0.05) is 13.8 Å². The smallest absolute Gasteiger partial charge is 0.354 e. The fraction of sp³-hybridized carbons (Fsp3) is 0.476. The second kappa shape index (κ2) is 9.01. The van der Waals surface area contributed by atoms with Crippen molar-refractivity contribution in [2.75, 3.05) is 24.5 Å². The fourth-order valence-corrected chi connectivity index (χ4v) is 3.98. The van der Waals surface area contributed by atoms with Crippen molar-refractivity contribution in [3.63, 3.8) is 0 Å². The van der Waals surface area contributed by atoms with Gasteiger partial charge in [-0.05, 0) is 53.4 Å². The van der Waals surface area contributed by atoms with E-state index in [1.54, 1.807) is 6.92 Å². The average Bonchev–Trinajstić information content (AvgIpc) is 2.68. The van der Waals surface area contributed by atoms with E-state index in [9.17, 15) is 18.0 Å². The molecule has 0 unspecified atom stereocenters.